The fourth-order valence-corrected chi connectivity index (χ4v) is 3.26. The number of pyridine rings is 1. The van der Waals surface area contributed by atoms with Crippen molar-refractivity contribution in [2.45, 2.75) is 37.9 Å². The summed E-state index contributed by atoms with van der Waals surface area (Å²) in [6, 6.07) is 5.64. The van der Waals surface area contributed by atoms with Crippen molar-refractivity contribution in [3.63, 3.8) is 0 Å². The molecule has 6 nitrogen and oxygen atoms in total. The summed E-state index contributed by atoms with van der Waals surface area (Å²) in [5.74, 6) is 0.712. The van der Waals surface area contributed by atoms with Gasteiger partial charge in [-0.15, -0.1) is 0 Å². The highest BCUT2D eigenvalue weighted by Crippen LogP contribution is 2.37. The van der Waals surface area contributed by atoms with Crippen molar-refractivity contribution in [2.24, 2.45) is 0 Å². The molecule has 1 unspecified atom stereocenters. The number of carbonyl (C=O) groups excluding carboxylic acids is 1. The van der Waals surface area contributed by atoms with Crippen molar-refractivity contribution in [1.29, 1.82) is 0 Å². The molecule has 0 aromatic carbocycles. The van der Waals surface area contributed by atoms with Crippen LogP contribution < -0.4 is 4.74 Å². The fraction of sp³-hybridized carbons (Fsp3) is 0.647. The van der Waals surface area contributed by atoms with Gasteiger partial charge in [0.25, 0.3) is 0 Å². The van der Waals surface area contributed by atoms with Gasteiger partial charge in [-0.3, -0.25) is 4.79 Å². The van der Waals surface area contributed by atoms with Gasteiger partial charge >= 0.3 is 0 Å². The molecule has 2 aliphatic rings. The maximum atomic E-state index is 12.0. The van der Waals surface area contributed by atoms with Gasteiger partial charge in [-0.05, 0) is 25.8 Å². The Hall–Kier alpha value is -1.66. The quantitative estimate of drug-likeness (QED) is 0.825. The topological polar surface area (TPSA) is 60.9 Å². The van der Waals surface area contributed by atoms with Gasteiger partial charge in [0.1, 0.15) is 12.7 Å². The summed E-state index contributed by atoms with van der Waals surface area (Å²) in [6.45, 7) is 4.68. The average Bonchev–Trinajstić information content (AvgIpc) is 2.96. The van der Waals surface area contributed by atoms with Crippen molar-refractivity contribution in [1.82, 2.24) is 9.88 Å². The Kier molecular flexibility index (Phi) is 5.13. The van der Waals surface area contributed by atoms with Gasteiger partial charge in [0.05, 0.1) is 12.2 Å². The zero-order valence-electron chi connectivity index (χ0n) is 13.6. The number of rotatable bonds is 5. The van der Waals surface area contributed by atoms with E-state index >= 15 is 0 Å². The van der Waals surface area contributed by atoms with Gasteiger partial charge in [-0.1, -0.05) is 6.07 Å². The summed E-state index contributed by atoms with van der Waals surface area (Å²) < 4.78 is 17.1. The lowest BCUT2D eigenvalue weighted by Crippen LogP contribution is -2.47. The van der Waals surface area contributed by atoms with Crippen molar-refractivity contribution >= 4 is 5.91 Å². The Bertz CT molecular complexity index is 515. The Labute approximate surface area is 136 Å². The van der Waals surface area contributed by atoms with Gasteiger partial charge in [0, 0.05) is 38.4 Å². The third kappa shape index (κ3) is 4.00. The van der Waals surface area contributed by atoms with E-state index in [1.54, 1.807) is 6.20 Å². The Morgan fingerprint density at radius 2 is 2.26 bits per heavy atom. The lowest BCUT2D eigenvalue weighted by atomic mass is 9.88. The molecule has 126 valence electrons. The largest absolute Gasteiger partial charge is 0.472 e. The summed E-state index contributed by atoms with van der Waals surface area (Å²) in [4.78, 5) is 18.1. The molecule has 6 heteroatoms. The second-order valence-electron chi connectivity index (χ2n) is 6.12. The molecule has 0 aliphatic carbocycles. The van der Waals surface area contributed by atoms with E-state index in [0.717, 1.165) is 32.4 Å². The standard InChI is InChI=1S/C17H24N2O4/c1-2-21-13-16(20)19-9-6-17(7-10-19)11-14(12-22-17)23-15-5-3-4-8-18-15/h3-5,8,14H,2,6-7,9-13H2,1H3. The molecule has 0 bridgehead atoms. The molecule has 1 amide bonds. The first-order valence-corrected chi connectivity index (χ1v) is 8.28. The molecule has 2 aliphatic heterocycles. The third-order valence-corrected chi connectivity index (χ3v) is 4.56. The second kappa shape index (κ2) is 7.27. The van der Waals surface area contributed by atoms with Crippen LogP contribution in [0, 0.1) is 0 Å². The van der Waals surface area contributed by atoms with Crippen LogP contribution in [0.2, 0.25) is 0 Å². The van der Waals surface area contributed by atoms with Gasteiger partial charge in [-0.2, -0.15) is 0 Å². The molecular weight excluding hydrogens is 296 g/mol. The molecule has 2 fully saturated rings. The molecule has 2 saturated heterocycles. The molecule has 1 atom stereocenters. The van der Waals surface area contributed by atoms with Crippen LogP contribution in [0.3, 0.4) is 0 Å². The highest BCUT2D eigenvalue weighted by Gasteiger charge is 2.44. The highest BCUT2D eigenvalue weighted by molar-refractivity contribution is 5.77. The molecule has 23 heavy (non-hydrogen) atoms. The molecule has 1 aromatic rings. The molecule has 0 N–H and O–H groups in total. The van der Waals surface area contributed by atoms with Crippen LogP contribution in [0.4, 0.5) is 0 Å². The maximum Gasteiger partial charge on any atom is 0.248 e. The van der Waals surface area contributed by atoms with E-state index in [0.29, 0.717) is 19.1 Å². The first-order chi connectivity index (χ1) is 11.2. The van der Waals surface area contributed by atoms with E-state index in [1.807, 2.05) is 30.0 Å². The molecule has 1 aromatic heterocycles. The van der Waals surface area contributed by atoms with E-state index in [9.17, 15) is 4.79 Å². The van der Waals surface area contributed by atoms with Crippen molar-refractivity contribution in [2.75, 3.05) is 32.9 Å². The SMILES string of the molecule is CCOCC(=O)N1CCC2(CC1)CC(Oc1ccccn1)CO2. The lowest BCUT2D eigenvalue weighted by Gasteiger charge is -2.38. The average molecular weight is 320 g/mol. The molecule has 1 spiro atoms. The summed E-state index contributed by atoms with van der Waals surface area (Å²) in [5.41, 5.74) is -0.151. The first kappa shape index (κ1) is 16.2. The lowest BCUT2D eigenvalue weighted by molar-refractivity contribution is -0.140. The highest BCUT2D eigenvalue weighted by atomic mass is 16.6. The molecular formula is C17H24N2O4. The number of hydrogen-bond donors (Lipinski definition) is 0. The van der Waals surface area contributed by atoms with Crippen LogP contribution in [-0.4, -0.2) is 60.4 Å². The Morgan fingerprint density at radius 3 is 2.96 bits per heavy atom. The van der Waals surface area contributed by atoms with Crippen LogP contribution in [0.15, 0.2) is 24.4 Å². The van der Waals surface area contributed by atoms with Crippen LogP contribution in [0.1, 0.15) is 26.2 Å². The van der Waals surface area contributed by atoms with Crippen molar-refractivity contribution in [3.05, 3.63) is 24.4 Å². The van der Waals surface area contributed by atoms with Crippen LogP contribution in [-0.2, 0) is 14.3 Å². The monoisotopic (exact) mass is 320 g/mol. The number of likely N-dealkylation sites (tertiary alicyclic amines) is 1. The predicted octanol–water partition coefficient (Wildman–Crippen LogP) is 1.65. The summed E-state index contributed by atoms with van der Waals surface area (Å²) >= 11 is 0. The smallest absolute Gasteiger partial charge is 0.248 e. The number of ether oxygens (including phenoxy) is 3. The predicted molar refractivity (Wildman–Crippen MR) is 84.3 cm³/mol. The third-order valence-electron chi connectivity index (χ3n) is 4.56. The van der Waals surface area contributed by atoms with Crippen LogP contribution >= 0.6 is 0 Å². The van der Waals surface area contributed by atoms with Crippen LogP contribution in [0.5, 0.6) is 5.88 Å². The molecule has 3 heterocycles. The second-order valence-corrected chi connectivity index (χ2v) is 6.12. The van der Waals surface area contributed by atoms with E-state index in [2.05, 4.69) is 4.98 Å². The van der Waals surface area contributed by atoms with E-state index in [4.69, 9.17) is 14.2 Å². The number of hydrogen-bond acceptors (Lipinski definition) is 5. The normalized spacial score (nSPS) is 23.2. The molecule has 3 rings (SSSR count). The fourth-order valence-electron chi connectivity index (χ4n) is 3.26. The summed E-state index contributed by atoms with van der Waals surface area (Å²) in [7, 11) is 0. The van der Waals surface area contributed by atoms with E-state index in [1.165, 1.54) is 0 Å². The van der Waals surface area contributed by atoms with Crippen molar-refractivity contribution < 1.29 is 19.0 Å². The maximum absolute atomic E-state index is 12.0. The van der Waals surface area contributed by atoms with E-state index in [-0.39, 0.29) is 24.2 Å². The zero-order chi connectivity index (χ0) is 16.1. The number of aromatic nitrogens is 1. The van der Waals surface area contributed by atoms with Gasteiger partial charge in [0.2, 0.25) is 11.8 Å². The zero-order valence-corrected chi connectivity index (χ0v) is 13.6. The summed E-state index contributed by atoms with van der Waals surface area (Å²) in [5, 5.41) is 0. The number of amides is 1. The summed E-state index contributed by atoms with van der Waals surface area (Å²) in [6.07, 6.45) is 4.33. The number of carbonyl (C=O) groups is 1. The molecule has 0 saturated carbocycles. The Morgan fingerprint density at radius 1 is 1.43 bits per heavy atom. The van der Waals surface area contributed by atoms with Gasteiger partial charge in [-0.25, -0.2) is 4.98 Å². The Balaban J connectivity index is 1.48. The van der Waals surface area contributed by atoms with E-state index < -0.39 is 0 Å². The number of nitrogens with zero attached hydrogens (tertiary/aromatic N) is 2. The number of piperidine rings is 1. The van der Waals surface area contributed by atoms with Crippen LogP contribution in [0.25, 0.3) is 0 Å². The minimum atomic E-state index is -0.151. The minimum absolute atomic E-state index is 0.0376. The molecule has 0 radical (unpaired) electrons. The van der Waals surface area contributed by atoms with Crippen molar-refractivity contribution in [3.8, 4) is 5.88 Å². The van der Waals surface area contributed by atoms with Gasteiger partial charge in [0.15, 0.2) is 0 Å². The minimum Gasteiger partial charge on any atom is -0.472 e. The first-order valence-electron chi connectivity index (χ1n) is 8.28. The van der Waals surface area contributed by atoms with Gasteiger partial charge < -0.3 is 19.1 Å².